The normalized spacial score (nSPS) is 9.09. The highest BCUT2D eigenvalue weighted by atomic mass is 16.6. The quantitative estimate of drug-likeness (QED) is 0.342. The van der Waals surface area contributed by atoms with Crippen LogP contribution in [0.1, 0.15) is 0 Å². The molecule has 0 fully saturated rings. The van der Waals surface area contributed by atoms with Gasteiger partial charge in [-0.15, -0.1) is 10.0 Å². The second kappa shape index (κ2) is 2.73. The zero-order chi connectivity index (χ0) is 8.27. The van der Waals surface area contributed by atoms with E-state index < -0.39 is 16.4 Å². The summed E-state index contributed by atoms with van der Waals surface area (Å²) in [7, 11) is 0. The van der Waals surface area contributed by atoms with Gasteiger partial charge in [0.2, 0.25) is 0 Å². The van der Waals surface area contributed by atoms with E-state index in [0.29, 0.717) is 0 Å². The third kappa shape index (κ3) is 1.28. The molecule has 0 atom stereocenters. The molecule has 8 heteroatoms. The van der Waals surface area contributed by atoms with Gasteiger partial charge in [-0.3, -0.25) is 10.1 Å². The van der Waals surface area contributed by atoms with E-state index in [1.54, 1.807) is 0 Å². The van der Waals surface area contributed by atoms with Crippen molar-refractivity contribution in [2.24, 2.45) is 5.18 Å². The van der Waals surface area contributed by atoms with Gasteiger partial charge in [-0.2, -0.15) is 0 Å². The molecule has 11 heavy (non-hydrogen) atoms. The van der Waals surface area contributed by atoms with Gasteiger partial charge < -0.3 is 0 Å². The molecule has 8 nitrogen and oxygen atoms in total. The van der Waals surface area contributed by atoms with E-state index in [-0.39, 0.29) is 0 Å². The van der Waals surface area contributed by atoms with Crippen LogP contribution in [0.15, 0.2) is 11.4 Å². The molecule has 0 N–H and O–H groups in total. The summed E-state index contributed by atoms with van der Waals surface area (Å²) in [5, 5.41) is 21.5. The highest BCUT2D eigenvalue weighted by Crippen LogP contribution is 2.20. The van der Waals surface area contributed by atoms with Crippen LogP contribution < -0.4 is 0 Å². The van der Waals surface area contributed by atoms with Crippen LogP contribution in [-0.2, 0) is 0 Å². The van der Waals surface area contributed by atoms with Gasteiger partial charge in [0.05, 0.1) is 4.92 Å². The highest BCUT2D eigenvalue weighted by molar-refractivity contribution is 5.47. The third-order valence-electron chi connectivity index (χ3n) is 0.883. The van der Waals surface area contributed by atoms with Gasteiger partial charge in [0.15, 0.2) is 0 Å². The fourth-order valence-electron chi connectivity index (χ4n) is 0.451. The lowest BCUT2D eigenvalue weighted by Crippen LogP contribution is -1.93. The second-order valence-corrected chi connectivity index (χ2v) is 1.49. The van der Waals surface area contributed by atoms with Gasteiger partial charge in [0, 0.05) is 0 Å². The molecule has 0 aliphatic rings. The Labute approximate surface area is 59.4 Å². The van der Waals surface area contributed by atoms with Crippen molar-refractivity contribution in [3.63, 3.8) is 0 Å². The Kier molecular flexibility index (Phi) is 1.77. The van der Waals surface area contributed by atoms with Crippen LogP contribution in [0.4, 0.5) is 11.5 Å². The number of nitrogens with zero attached hydrogens (tertiary/aromatic N) is 5. The van der Waals surface area contributed by atoms with E-state index in [4.69, 9.17) is 0 Å². The summed E-state index contributed by atoms with van der Waals surface area (Å²) in [4.78, 5) is 19.1. The molecule has 1 heterocycles. The van der Waals surface area contributed by atoms with Gasteiger partial charge in [0.1, 0.15) is 6.20 Å². The van der Waals surface area contributed by atoms with Crippen molar-refractivity contribution < 1.29 is 4.92 Å². The topological polar surface area (TPSA) is 111 Å². The van der Waals surface area contributed by atoms with Crippen molar-refractivity contribution in [3.05, 3.63) is 21.2 Å². The molecule has 56 valence electrons. The molecule has 0 bridgehead atoms. The number of nitroso groups, excluding NO2 is 1. The minimum atomic E-state index is -0.807. The molecule has 0 saturated carbocycles. The predicted octanol–water partition coefficient (Wildman–Crippen LogP) is 0.178. The van der Waals surface area contributed by atoms with E-state index in [2.05, 4.69) is 20.6 Å². The van der Waals surface area contributed by atoms with Gasteiger partial charge in [-0.1, -0.05) is 5.10 Å². The molecular weight excluding hydrogens is 154 g/mol. The lowest BCUT2D eigenvalue weighted by Gasteiger charge is -1.87. The van der Waals surface area contributed by atoms with E-state index in [0.717, 1.165) is 6.20 Å². The van der Waals surface area contributed by atoms with Crippen molar-refractivity contribution in [1.82, 2.24) is 15.4 Å². The fourth-order valence-corrected chi connectivity index (χ4v) is 0.451. The molecule has 0 unspecified atom stereocenters. The maximum absolute atomic E-state index is 10.1. The van der Waals surface area contributed by atoms with E-state index in [1.165, 1.54) is 0 Å². The molecule has 1 rings (SSSR count). The zero-order valence-corrected chi connectivity index (χ0v) is 5.04. The van der Waals surface area contributed by atoms with E-state index in [9.17, 15) is 15.0 Å². The molecule has 0 aliphatic heterocycles. The fraction of sp³-hybridized carbons (Fsp3) is 0. The third-order valence-corrected chi connectivity index (χ3v) is 0.883. The van der Waals surface area contributed by atoms with Crippen molar-refractivity contribution in [1.29, 1.82) is 0 Å². The minimum absolute atomic E-state index is 0.546. The Morgan fingerprint density at radius 2 is 2.36 bits per heavy atom. The summed E-state index contributed by atoms with van der Waals surface area (Å²) in [5.41, 5.74) is -0.546. The molecule has 0 amide bonds. The Bertz CT molecular complexity index is 299. The average molecular weight is 155 g/mol. The van der Waals surface area contributed by atoms with Crippen LogP contribution in [0.5, 0.6) is 0 Å². The maximum Gasteiger partial charge on any atom is 0.339 e. The molecule has 0 saturated heterocycles. The smallest absolute Gasteiger partial charge is 0.258 e. The highest BCUT2D eigenvalue weighted by Gasteiger charge is 2.15. The van der Waals surface area contributed by atoms with Gasteiger partial charge >= 0.3 is 5.69 Å². The molecule has 0 aliphatic carbocycles. The van der Waals surface area contributed by atoms with Crippen LogP contribution in [-0.4, -0.2) is 20.3 Å². The maximum atomic E-state index is 10.1. The van der Waals surface area contributed by atoms with E-state index in [1.807, 2.05) is 0 Å². The summed E-state index contributed by atoms with van der Waals surface area (Å²) in [6.07, 6.45) is 0.809. The van der Waals surface area contributed by atoms with Gasteiger partial charge in [-0.05, 0) is 10.4 Å². The number of hydrogen-bond acceptors (Lipinski definition) is 7. The first-order valence-corrected chi connectivity index (χ1v) is 2.42. The molecule has 0 spiro atoms. The Morgan fingerprint density at radius 1 is 1.64 bits per heavy atom. The summed E-state index contributed by atoms with van der Waals surface area (Å²) < 4.78 is 0. The van der Waals surface area contributed by atoms with Gasteiger partial charge in [-0.25, -0.2) is 0 Å². The first-order valence-electron chi connectivity index (χ1n) is 2.42. The zero-order valence-electron chi connectivity index (χ0n) is 5.04. The molecular formula is C3HN5O3. The molecule has 1 aromatic rings. The van der Waals surface area contributed by atoms with Crippen LogP contribution in [0.3, 0.4) is 0 Å². The SMILES string of the molecule is O=Nc1nnncc1[N+](=O)[O-]. The summed E-state index contributed by atoms with van der Waals surface area (Å²) in [5.74, 6) is -0.565. The largest absolute Gasteiger partial charge is 0.339 e. The number of rotatable bonds is 2. The molecule has 0 aromatic carbocycles. The van der Waals surface area contributed by atoms with Crippen molar-refractivity contribution in [2.45, 2.75) is 0 Å². The Balaban J connectivity index is 3.22. The number of aromatic nitrogens is 3. The van der Waals surface area contributed by atoms with Crippen molar-refractivity contribution >= 4 is 11.5 Å². The Morgan fingerprint density at radius 3 is 2.82 bits per heavy atom. The molecule has 0 radical (unpaired) electrons. The first-order chi connectivity index (χ1) is 5.25. The second-order valence-electron chi connectivity index (χ2n) is 1.49. The predicted molar refractivity (Wildman–Crippen MR) is 31.9 cm³/mol. The van der Waals surface area contributed by atoms with E-state index >= 15 is 0 Å². The van der Waals surface area contributed by atoms with Crippen molar-refractivity contribution in [2.75, 3.05) is 0 Å². The Hall–Kier alpha value is -1.99. The average Bonchev–Trinajstić information content (AvgIpc) is 2.04. The van der Waals surface area contributed by atoms with Crippen LogP contribution >= 0.6 is 0 Å². The number of nitro groups is 1. The monoisotopic (exact) mass is 155 g/mol. The lowest BCUT2D eigenvalue weighted by atomic mass is 10.5. The standard InChI is InChI=1S/C3HN5O3/c9-6-3-2(8(10)11)1-4-7-5-3/h1H. The van der Waals surface area contributed by atoms with Gasteiger partial charge in [0.25, 0.3) is 5.82 Å². The summed E-state index contributed by atoms with van der Waals surface area (Å²) in [6.45, 7) is 0. The lowest BCUT2D eigenvalue weighted by molar-refractivity contribution is -0.384. The first kappa shape index (κ1) is 7.12. The number of hydrogen-bond donors (Lipinski definition) is 0. The van der Waals surface area contributed by atoms with Crippen LogP contribution in [0.25, 0.3) is 0 Å². The summed E-state index contributed by atoms with van der Waals surface area (Å²) in [6, 6.07) is 0. The summed E-state index contributed by atoms with van der Waals surface area (Å²) >= 11 is 0. The van der Waals surface area contributed by atoms with Crippen LogP contribution in [0.2, 0.25) is 0 Å². The minimum Gasteiger partial charge on any atom is -0.258 e. The van der Waals surface area contributed by atoms with Crippen LogP contribution in [0, 0.1) is 15.0 Å². The molecule has 1 aromatic heterocycles. The van der Waals surface area contributed by atoms with Crippen molar-refractivity contribution in [3.8, 4) is 0 Å².